The van der Waals surface area contributed by atoms with Gasteiger partial charge in [-0.25, -0.2) is 0 Å². The van der Waals surface area contributed by atoms with Crippen molar-refractivity contribution < 1.29 is 10.0 Å². The lowest BCUT2D eigenvalue weighted by atomic mass is 10.3. The molecule has 1 N–H and O–H groups in total. The van der Waals surface area contributed by atoms with Crippen LogP contribution in [0.25, 0.3) is 0 Å². The van der Waals surface area contributed by atoms with Crippen LogP contribution in [0.15, 0.2) is 40.4 Å². The largest absolute Gasteiger partial charge is 0.508 e. The highest BCUT2D eigenvalue weighted by molar-refractivity contribution is 7.99. The van der Waals surface area contributed by atoms with Gasteiger partial charge >= 0.3 is 5.69 Å². The first-order valence-corrected chi connectivity index (χ1v) is 5.53. The van der Waals surface area contributed by atoms with E-state index in [-0.39, 0.29) is 11.4 Å². The number of benzene rings is 1. The maximum Gasteiger partial charge on any atom is 0.321 e. The van der Waals surface area contributed by atoms with Crippen molar-refractivity contribution in [1.82, 2.24) is 9.78 Å². The lowest BCUT2D eigenvalue weighted by Gasteiger charge is -1.98. The molecule has 0 aliphatic heterocycles. The van der Waals surface area contributed by atoms with Crippen LogP contribution in [0.3, 0.4) is 0 Å². The van der Waals surface area contributed by atoms with E-state index in [2.05, 4.69) is 5.10 Å². The van der Waals surface area contributed by atoms with Crippen LogP contribution < -0.4 is 0 Å². The molecule has 0 radical (unpaired) electrons. The van der Waals surface area contributed by atoms with Gasteiger partial charge in [0.15, 0.2) is 0 Å². The maximum absolute atomic E-state index is 10.8. The molecule has 0 bridgehead atoms. The highest BCUT2D eigenvalue weighted by Gasteiger charge is 2.19. The molecule has 1 aromatic carbocycles. The van der Waals surface area contributed by atoms with Crippen molar-refractivity contribution in [3.05, 3.63) is 40.6 Å². The van der Waals surface area contributed by atoms with Gasteiger partial charge in [-0.05, 0) is 18.2 Å². The van der Waals surface area contributed by atoms with E-state index in [1.807, 2.05) is 0 Å². The zero-order valence-electron chi connectivity index (χ0n) is 8.90. The fourth-order valence-corrected chi connectivity index (χ4v) is 2.26. The van der Waals surface area contributed by atoms with E-state index in [0.29, 0.717) is 9.92 Å². The number of nitrogens with zero attached hydrogens (tertiary/aromatic N) is 3. The van der Waals surface area contributed by atoms with Gasteiger partial charge < -0.3 is 5.11 Å². The molecule has 0 spiro atoms. The Morgan fingerprint density at radius 3 is 2.94 bits per heavy atom. The van der Waals surface area contributed by atoms with Crippen LogP contribution in [-0.4, -0.2) is 19.8 Å². The molecule has 7 heteroatoms. The number of nitro groups is 1. The average molecular weight is 251 g/mol. The molecule has 0 aliphatic rings. The minimum atomic E-state index is -0.474. The first-order valence-electron chi connectivity index (χ1n) is 4.71. The van der Waals surface area contributed by atoms with Crippen LogP contribution in [0.2, 0.25) is 0 Å². The molecule has 0 saturated carbocycles. The van der Waals surface area contributed by atoms with Gasteiger partial charge in [-0.3, -0.25) is 14.8 Å². The third kappa shape index (κ3) is 2.56. The minimum Gasteiger partial charge on any atom is -0.508 e. The fourth-order valence-electron chi connectivity index (χ4n) is 1.31. The summed E-state index contributed by atoms with van der Waals surface area (Å²) in [5.74, 6) is 0.119. The molecule has 2 aromatic rings. The number of aromatic nitrogens is 2. The maximum atomic E-state index is 10.8. The molecule has 1 heterocycles. The quantitative estimate of drug-likeness (QED) is 0.668. The molecule has 6 nitrogen and oxygen atoms in total. The second kappa shape index (κ2) is 4.46. The van der Waals surface area contributed by atoms with E-state index in [1.165, 1.54) is 23.0 Å². The molecule has 0 aliphatic carbocycles. The summed E-state index contributed by atoms with van der Waals surface area (Å²) in [6, 6.07) is 6.50. The molecule has 2 rings (SSSR count). The van der Waals surface area contributed by atoms with Crippen molar-refractivity contribution >= 4 is 17.4 Å². The lowest BCUT2D eigenvalue weighted by Crippen LogP contribution is -1.87. The Morgan fingerprint density at radius 2 is 2.29 bits per heavy atom. The monoisotopic (exact) mass is 251 g/mol. The van der Waals surface area contributed by atoms with Gasteiger partial charge in [0.05, 0.1) is 4.92 Å². The van der Waals surface area contributed by atoms with Crippen molar-refractivity contribution in [2.45, 2.75) is 9.92 Å². The van der Waals surface area contributed by atoms with Gasteiger partial charge in [0, 0.05) is 11.9 Å². The molecular formula is C10H9N3O3S. The van der Waals surface area contributed by atoms with Crippen molar-refractivity contribution in [2.24, 2.45) is 7.05 Å². The lowest BCUT2D eigenvalue weighted by molar-refractivity contribution is -0.387. The molecule has 0 atom stereocenters. The van der Waals surface area contributed by atoms with Crippen LogP contribution in [0.4, 0.5) is 5.69 Å². The predicted octanol–water partition coefficient (Wildman–Crippen LogP) is 2.19. The summed E-state index contributed by atoms with van der Waals surface area (Å²) in [5, 5.41) is 24.4. The van der Waals surface area contributed by atoms with E-state index in [4.69, 9.17) is 0 Å². The standard InChI is InChI=1S/C10H9N3O3S/c1-12-6-9(13(15)16)10(11-12)17-8-4-2-3-7(14)5-8/h2-6,14H,1H3. The van der Waals surface area contributed by atoms with E-state index in [1.54, 1.807) is 19.2 Å². The van der Waals surface area contributed by atoms with E-state index in [9.17, 15) is 15.2 Å². The Hall–Kier alpha value is -2.02. The van der Waals surface area contributed by atoms with E-state index < -0.39 is 4.92 Å². The summed E-state index contributed by atoms with van der Waals surface area (Å²) < 4.78 is 1.39. The number of phenolic OH excluding ortho intramolecular Hbond substituents is 1. The van der Waals surface area contributed by atoms with Crippen LogP contribution in [-0.2, 0) is 7.05 Å². The normalized spacial score (nSPS) is 10.4. The zero-order valence-corrected chi connectivity index (χ0v) is 9.72. The summed E-state index contributed by atoms with van der Waals surface area (Å²) in [5.41, 5.74) is -0.0409. The first-order chi connectivity index (χ1) is 8.06. The van der Waals surface area contributed by atoms with Crippen molar-refractivity contribution in [2.75, 3.05) is 0 Å². The zero-order chi connectivity index (χ0) is 12.4. The van der Waals surface area contributed by atoms with Gasteiger partial charge in [0.25, 0.3) is 0 Å². The molecule has 0 saturated heterocycles. The number of hydrogen-bond acceptors (Lipinski definition) is 5. The Labute approximate surface area is 101 Å². The van der Waals surface area contributed by atoms with E-state index >= 15 is 0 Å². The first kappa shape index (κ1) is 11.5. The van der Waals surface area contributed by atoms with Gasteiger partial charge in [0.2, 0.25) is 5.03 Å². The van der Waals surface area contributed by atoms with Crippen molar-refractivity contribution in [1.29, 1.82) is 0 Å². The van der Waals surface area contributed by atoms with Crippen LogP contribution >= 0.6 is 11.8 Å². The third-order valence-corrected chi connectivity index (χ3v) is 2.98. The Morgan fingerprint density at radius 1 is 1.53 bits per heavy atom. The minimum absolute atomic E-state index is 0.0409. The summed E-state index contributed by atoms with van der Waals surface area (Å²) >= 11 is 1.14. The van der Waals surface area contributed by atoms with Crippen LogP contribution in [0, 0.1) is 10.1 Å². The Kier molecular flexibility index (Phi) is 3.01. The Balaban J connectivity index is 2.32. The summed E-state index contributed by atoms with van der Waals surface area (Å²) in [6.45, 7) is 0. The molecule has 0 unspecified atom stereocenters. The van der Waals surface area contributed by atoms with E-state index in [0.717, 1.165) is 11.8 Å². The number of rotatable bonds is 3. The summed E-state index contributed by atoms with van der Waals surface area (Å²) in [4.78, 5) is 11.0. The Bertz CT molecular complexity index is 568. The topological polar surface area (TPSA) is 81.2 Å². The van der Waals surface area contributed by atoms with Crippen LogP contribution in [0.1, 0.15) is 0 Å². The number of phenols is 1. The fraction of sp³-hybridized carbons (Fsp3) is 0.100. The van der Waals surface area contributed by atoms with Gasteiger partial charge in [0.1, 0.15) is 11.9 Å². The number of hydrogen-bond donors (Lipinski definition) is 1. The van der Waals surface area contributed by atoms with Gasteiger partial charge in [-0.1, -0.05) is 17.8 Å². The number of aryl methyl sites for hydroxylation is 1. The molecule has 17 heavy (non-hydrogen) atoms. The van der Waals surface area contributed by atoms with Gasteiger partial charge in [-0.2, -0.15) is 5.10 Å². The average Bonchev–Trinajstić information content (AvgIpc) is 2.59. The van der Waals surface area contributed by atoms with Gasteiger partial charge in [-0.15, -0.1) is 0 Å². The summed E-state index contributed by atoms with van der Waals surface area (Å²) in [6.07, 6.45) is 1.35. The molecule has 0 fully saturated rings. The smallest absolute Gasteiger partial charge is 0.321 e. The predicted molar refractivity (Wildman–Crippen MR) is 62.1 cm³/mol. The van der Waals surface area contributed by atoms with Crippen molar-refractivity contribution in [3.63, 3.8) is 0 Å². The highest BCUT2D eigenvalue weighted by atomic mass is 32.2. The highest BCUT2D eigenvalue weighted by Crippen LogP contribution is 2.34. The number of aromatic hydroxyl groups is 1. The molecule has 1 aromatic heterocycles. The second-order valence-corrected chi connectivity index (χ2v) is 4.41. The molecule has 0 amide bonds. The molecular weight excluding hydrogens is 242 g/mol. The second-order valence-electron chi connectivity index (χ2n) is 3.35. The SMILES string of the molecule is Cn1cc([N+](=O)[O-])c(Sc2cccc(O)c2)n1. The third-order valence-electron chi connectivity index (χ3n) is 2.01. The van der Waals surface area contributed by atoms with Crippen molar-refractivity contribution in [3.8, 4) is 5.75 Å². The molecule has 88 valence electrons. The summed E-state index contributed by atoms with van der Waals surface area (Å²) in [7, 11) is 1.62. The van der Waals surface area contributed by atoms with Crippen LogP contribution in [0.5, 0.6) is 5.75 Å².